The second kappa shape index (κ2) is 7.86. The van der Waals surface area contributed by atoms with Gasteiger partial charge in [-0.15, -0.1) is 0 Å². The number of allylic oxidation sites excluding steroid dienone is 1. The first-order valence-electron chi connectivity index (χ1n) is 9.74. The fourth-order valence-electron chi connectivity index (χ4n) is 3.91. The summed E-state index contributed by atoms with van der Waals surface area (Å²) in [6.07, 6.45) is 4.52. The van der Waals surface area contributed by atoms with Crippen LogP contribution < -0.4 is 0 Å². The summed E-state index contributed by atoms with van der Waals surface area (Å²) in [4.78, 5) is 0. The van der Waals surface area contributed by atoms with Gasteiger partial charge in [0.2, 0.25) is 0 Å². The van der Waals surface area contributed by atoms with Gasteiger partial charge in [-0.25, -0.2) is 17.6 Å². The van der Waals surface area contributed by atoms with Gasteiger partial charge in [-0.3, -0.25) is 0 Å². The molecule has 0 unspecified atom stereocenters. The molecule has 29 heavy (non-hydrogen) atoms. The summed E-state index contributed by atoms with van der Waals surface area (Å²) >= 11 is 0. The third kappa shape index (κ3) is 3.71. The topological polar surface area (TPSA) is 0 Å². The van der Waals surface area contributed by atoms with Crippen molar-refractivity contribution in [2.24, 2.45) is 0 Å². The summed E-state index contributed by atoms with van der Waals surface area (Å²) in [5.41, 5.74) is 4.06. The third-order valence-electron chi connectivity index (χ3n) is 5.40. The first kappa shape index (κ1) is 19.4. The molecule has 0 aliphatic heterocycles. The number of benzene rings is 3. The van der Waals surface area contributed by atoms with Gasteiger partial charge in [-0.2, -0.15) is 0 Å². The molecule has 1 aliphatic carbocycles. The van der Waals surface area contributed by atoms with Crippen LogP contribution in [0.5, 0.6) is 0 Å². The maximum absolute atomic E-state index is 15.1. The largest absolute Gasteiger partial charge is 0.206 e. The van der Waals surface area contributed by atoms with Gasteiger partial charge in [0.15, 0.2) is 11.6 Å². The van der Waals surface area contributed by atoms with Gasteiger partial charge >= 0.3 is 0 Å². The number of halogens is 4. The first-order valence-corrected chi connectivity index (χ1v) is 9.74. The molecule has 0 heterocycles. The number of fused-ring (bicyclic) bond motifs is 1. The van der Waals surface area contributed by atoms with Crippen molar-refractivity contribution < 1.29 is 17.6 Å². The predicted octanol–water partition coefficient (Wildman–Crippen LogP) is 7.35. The summed E-state index contributed by atoms with van der Waals surface area (Å²) in [7, 11) is 0. The van der Waals surface area contributed by atoms with Gasteiger partial charge in [0, 0.05) is 11.1 Å². The van der Waals surface area contributed by atoms with E-state index in [-0.39, 0.29) is 16.9 Å². The van der Waals surface area contributed by atoms with Crippen LogP contribution in [0.25, 0.3) is 22.8 Å². The normalized spacial score (nSPS) is 13.2. The van der Waals surface area contributed by atoms with Crippen molar-refractivity contribution >= 4 is 11.6 Å². The molecular weight excluding hydrogens is 376 g/mol. The lowest BCUT2D eigenvalue weighted by Gasteiger charge is -2.20. The molecule has 4 rings (SSSR count). The molecule has 0 fully saturated rings. The molecule has 148 valence electrons. The van der Waals surface area contributed by atoms with Crippen LogP contribution in [-0.2, 0) is 12.8 Å². The number of hydrogen-bond donors (Lipinski definition) is 0. The Bertz CT molecular complexity index is 1110. The molecule has 0 aromatic heterocycles. The van der Waals surface area contributed by atoms with Crippen LogP contribution in [0, 0.1) is 23.3 Å². The zero-order valence-corrected chi connectivity index (χ0v) is 16.0. The minimum Gasteiger partial charge on any atom is -0.206 e. The van der Waals surface area contributed by atoms with Crippen LogP contribution >= 0.6 is 0 Å². The van der Waals surface area contributed by atoms with Crippen molar-refractivity contribution in [2.75, 3.05) is 0 Å². The van der Waals surface area contributed by atoms with Gasteiger partial charge in [0.25, 0.3) is 0 Å². The molecule has 0 saturated heterocycles. The zero-order chi connectivity index (χ0) is 20.5. The fraction of sp³-hybridized carbons (Fsp3) is 0.200. The van der Waals surface area contributed by atoms with E-state index < -0.39 is 17.5 Å². The van der Waals surface area contributed by atoms with Crippen LogP contribution in [0.4, 0.5) is 17.6 Å². The predicted molar refractivity (Wildman–Crippen MR) is 108 cm³/mol. The number of aryl methyl sites for hydroxylation is 1. The van der Waals surface area contributed by atoms with Gasteiger partial charge in [-0.05, 0) is 65.3 Å². The Morgan fingerprint density at radius 3 is 2.28 bits per heavy atom. The first-order chi connectivity index (χ1) is 14.0. The van der Waals surface area contributed by atoms with E-state index in [1.807, 2.05) is 12.1 Å². The smallest absolute Gasteiger partial charge is 0.159 e. The zero-order valence-electron chi connectivity index (χ0n) is 16.0. The highest BCUT2D eigenvalue weighted by atomic mass is 19.2. The van der Waals surface area contributed by atoms with Crippen molar-refractivity contribution in [1.82, 2.24) is 0 Å². The average molecular weight is 396 g/mol. The number of rotatable bonds is 4. The molecule has 3 aromatic carbocycles. The third-order valence-corrected chi connectivity index (χ3v) is 5.40. The molecule has 3 aromatic rings. The molecule has 0 saturated carbocycles. The van der Waals surface area contributed by atoms with Crippen molar-refractivity contribution in [3.63, 3.8) is 0 Å². The SMILES string of the molecule is CCCc1ccc(C2=Cc3ccc(-c4ccc(F)c(F)c4)c(F)c3CC2)c(F)c1. The molecule has 1 aliphatic rings. The van der Waals surface area contributed by atoms with Crippen LogP contribution in [0.2, 0.25) is 0 Å². The molecule has 0 amide bonds. The highest BCUT2D eigenvalue weighted by Crippen LogP contribution is 2.36. The van der Waals surface area contributed by atoms with Gasteiger partial charge in [-0.1, -0.05) is 49.8 Å². The van der Waals surface area contributed by atoms with Crippen LogP contribution in [0.15, 0.2) is 48.5 Å². The summed E-state index contributed by atoms with van der Waals surface area (Å²) in [5.74, 6) is -2.68. The molecule has 0 N–H and O–H groups in total. The minimum atomic E-state index is -1.01. The molecule has 0 nitrogen and oxygen atoms in total. The summed E-state index contributed by atoms with van der Waals surface area (Å²) in [6.45, 7) is 2.05. The van der Waals surface area contributed by atoms with Crippen LogP contribution in [-0.4, -0.2) is 0 Å². The molecule has 4 heteroatoms. The number of hydrogen-bond acceptors (Lipinski definition) is 0. The van der Waals surface area contributed by atoms with E-state index in [2.05, 4.69) is 6.92 Å². The molecule has 0 bridgehead atoms. The van der Waals surface area contributed by atoms with Crippen molar-refractivity contribution in [2.45, 2.75) is 32.6 Å². The molecule has 0 atom stereocenters. The Labute approximate surface area is 167 Å². The van der Waals surface area contributed by atoms with Crippen LogP contribution in [0.1, 0.15) is 42.0 Å². The van der Waals surface area contributed by atoms with E-state index in [4.69, 9.17) is 0 Å². The van der Waals surface area contributed by atoms with Crippen molar-refractivity contribution in [3.05, 3.63) is 94.1 Å². The summed E-state index contributed by atoms with van der Waals surface area (Å²) in [6, 6.07) is 12.0. The van der Waals surface area contributed by atoms with Gasteiger partial charge < -0.3 is 0 Å². The van der Waals surface area contributed by atoms with Crippen molar-refractivity contribution in [1.29, 1.82) is 0 Å². The lowest BCUT2D eigenvalue weighted by Crippen LogP contribution is -2.05. The maximum Gasteiger partial charge on any atom is 0.159 e. The highest BCUT2D eigenvalue weighted by molar-refractivity contribution is 5.85. The van der Waals surface area contributed by atoms with E-state index in [1.165, 1.54) is 6.07 Å². The van der Waals surface area contributed by atoms with Crippen LogP contribution in [0.3, 0.4) is 0 Å². The van der Waals surface area contributed by atoms with E-state index >= 15 is 4.39 Å². The van der Waals surface area contributed by atoms with E-state index in [0.29, 0.717) is 29.5 Å². The Morgan fingerprint density at radius 2 is 1.55 bits per heavy atom. The van der Waals surface area contributed by atoms with E-state index in [1.54, 1.807) is 24.3 Å². The molecular formula is C25H20F4. The van der Waals surface area contributed by atoms with Crippen molar-refractivity contribution in [3.8, 4) is 11.1 Å². The maximum atomic E-state index is 15.1. The average Bonchev–Trinajstić information content (AvgIpc) is 2.71. The summed E-state index contributed by atoms with van der Waals surface area (Å²) in [5, 5.41) is 0. The summed E-state index contributed by atoms with van der Waals surface area (Å²) < 4.78 is 56.4. The fourth-order valence-corrected chi connectivity index (χ4v) is 3.91. The lowest BCUT2D eigenvalue weighted by atomic mass is 9.86. The lowest BCUT2D eigenvalue weighted by molar-refractivity contribution is 0.509. The molecule has 0 radical (unpaired) electrons. The Morgan fingerprint density at radius 1 is 0.759 bits per heavy atom. The Kier molecular flexibility index (Phi) is 5.27. The monoisotopic (exact) mass is 396 g/mol. The van der Waals surface area contributed by atoms with E-state index in [9.17, 15) is 13.2 Å². The molecule has 0 spiro atoms. The Balaban J connectivity index is 1.71. The highest BCUT2D eigenvalue weighted by Gasteiger charge is 2.20. The second-order valence-corrected chi connectivity index (χ2v) is 7.36. The Hall–Kier alpha value is -2.88. The van der Waals surface area contributed by atoms with Gasteiger partial charge in [0.1, 0.15) is 11.6 Å². The van der Waals surface area contributed by atoms with E-state index in [0.717, 1.165) is 36.1 Å². The second-order valence-electron chi connectivity index (χ2n) is 7.36. The minimum absolute atomic E-state index is 0.231. The quantitative estimate of drug-likeness (QED) is 0.405. The van der Waals surface area contributed by atoms with Gasteiger partial charge in [0.05, 0.1) is 0 Å². The standard InChI is InChI=1S/C25H20F4/c1-2-3-15-4-8-19(23(27)12-15)16-5-9-20-17(13-16)6-10-21(25(20)29)18-7-11-22(26)24(28)14-18/h4,6-8,10-14H,2-3,5,9H2,1H3.